The first-order chi connectivity index (χ1) is 16.0. The number of hydrogen-bond donors (Lipinski definition) is 2. The molecule has 0 unspecified atom stereocenters. The van der Waals surface area contributed by atoms with E-state index in [2.05, 4.69) is 47.8 Å². The zero-order chi connectivity index (χ0) is 22.6. The Morgan fingerprint density at radius 1 is 1.06 bits per heavy atom. The molecule has 0 radical (unpaired) electrons. The number of benzene rings is 1. The summed E-state index contributed by atoms with van der Waals surface area (Å²) in [5.41, 5.74) is 2.97. The Morgan fingerprint density at radius 2 is 1.76 bits per heavy atom. The van der Waals surface area contributed by atoms with Crippen LogP contribution in [0, 0.1) is 11.6 Å². The topological polar surface area (TPSA) is 122 Å². The van der Waals surface area contributed by atoms with E-state index >= 15 is 0 Å². The fraction of sp³-hybridized carbons (Fsp3) is 0.333. The van der Waals surface area contributed by atoms with Gasteiger partial charge in [-0.3, -0.25) is 5.10 Å². The Balaban J connectivity index is 1.09. The maximum Gasteiger partial charge on any atom is 0.318 e. The second-order valence-electron chi connectivity index (χ2n) is 8.75. The molecular formula is C21H19F2N9O. The van der Waals surface area contributed by atoms with Crippen LogP contribution in [-0.2, 0) is 18.3 Å². The van der Waals surface area contributed by atoms with Crippen molar-refractivity contribution >= 4 is 12.0 Å². The third-order valence-electron chi connectivity index (χ3n) is 6.21. The fourth-order valence-electron chi connectivity index (χ4n) is 4.46. The fourth-order valence-corrected chi connectivity index (χ4v) is 4.46. The summed E-state index contributed by atoms with van der Waals surface area (Å²) in [6.45, 7) is 3.49. The van der Waals surface area contributed by atoms with Gasteiger partial charge in [-0.15, -0.1) is 10.2 Å². The lowest BCUT2D eigenvalue weighted by Gasteiger charge is -2.45. The second kappa shape index (κ2) is 7.29. The van der Waals surface area contributed by atoms with E-state index in [0.717, 1.165) is 16.8 Å². The average molecular weight is 451 g/mol. The minimum atomic E-state index is -0.824. The van der Waals surface area contributed by atoms with Gasteiger partial charge in [0.1, 0.15) is 0 Å². The van der Waals surface area contributed by atoms with Crippen molar-refractivity contribution in [2.24, 2.45) is 0 Å². The lowest BCUT2D eigenvalue weighted by molar-refractivity contribution is 0.330. The van der Waals surface area contributed by atoms with Gasteiger partial charge < -0.3 is 14.6 Å². The number of nitrogens with zero attached hydrogens (tertiary/aromatic N) is 7. The molecule has 3 aromatic heterocycles. The lowest BCUT2D eigenvalue weighted by Crippen LogP contribution is -2.58. The first-order valence-corrected chi connectivity index (χ1v) is 10.5. The zero-order valence-corrected chi connectivity index (χ0v) is 17.6. The van der Waals surface area contributed by atoms with Crippen molar-refractivity contribution < 1.29 is 13.2 Å². The van der Waals surface area contributed by atoms with Crippen LogP contribution >= 0.6 is 0 Å². The quantitative estimate of drug-likeness (QED) is 0.471. The molecule has 0 saturated carbocycles. The summed E-state index contributed by atoms with van der Waals surface area (Å²) in [4.78, 5) is 10.6. The number of aromatic nitrogens is 7. The van der Waals surface area contributed by atoms with E-state index in [1.54, 1.807) is 18.6 Å². The molecule has 6 rings (SSSR count). The number of H-pyrrole nitrogens is 1. The Labute approximate surface area is 186 Å². The highest BCUT2D eigenvalue weighted by molar-refractivity contribution is 5.53. The molecule has 0 amide bonds. The third kappa shape index (κ3) is 3.47. The second-order valence-corrected chi connectivity index (χ2v) is 8.75. The smallest absolute Gasteiger partial charge is 0.318 e. The van der Waals surface area contributed by atoms with Crippen LogP contribution < -0.4 is 10.2 Å². The molecule has 2 N–H and O–H groups in total. The van der Waals surface area contributed by atoms with E-state index in [4.69, 9.17) is 4.42 Å². The van der Waals surface area contributed by atoms with Crippen LogP contribution in [0.1, 0.15) is 23.7 Å². The largest absolute Gasteiger partial charge is 0.403 e. The highest BCUT2D eigenvalue weighted by atomic mass is 19.2. The van der Waals surface area contributed by atoms with Crippen LogP contribution in [0.2, 0.25) is 0 Å². The molecule has 2 aliphatic rings. The normalized spacial score (nSPS) is 17.1. The predicted octanol–water partition coefficient (Wildman–Crippen LogP) is 2.28. The highest BCUT2D eigenvalue weighted by Crippen LogP contribution is 2.36. The Hall–Kier alpha value is -3.96. The van der Waals surface area contributed by atoms with E-state index in [0.29, 0.717) is 49.3 Å². The maximum atomic E-state index is 13.5. The van der Waals surface area contributed by atoms with E-state index < -0.39 is 11.6 Å². The van der Waals surface area contributed by atoms with E-state index in [1.165, 1.54) is 12.1 Å². The summed E-state index contributed by atoms with van der Waals surface area (Å²) in [7, 11) is 0. The van der Waals surface area contributed by atoms with Gasteiger partial charge in [-0.2, -0.15) is 0 Å². The summed E-state index contributed by atoms with van der Waals surface area (Å²) in [5.74, 6) is -0.904. The molecule has 10 nitrogen and oxygen atoms in total. The molecule has 0 atom stereocenters. The Kier molecular flexibility index (Phi) is 4.35. The molecule has 1 aliphatic heterocycles. The van der Waals surface area contributed by atoms with Gasteiger partial charge in [-0.1, -0.05) is 17.2 Å². The monoisotopic (exact) mass is 451 g/mol. The number of aromatic amines is 1. The van der Waals surface area contributed by atoms with Gasteiger partial charge in [0.05, 0.1) is 11.3 Å². The molecule has 1 aromatic carbocycles. The standard InChI is InChI=1S/C21H19F2N9O/c1-21(17-8-26-31-28-17)9-32(10-21)20-30-29-18(33-20)13-6-24-19(25-7-13)27-14-2-11-4-15(22)16(23)5-12(11)3-14/h4-8,14H,2-3,9-10H2,1H3,(H,24,25,27)(H,26,28,31). The molecule has 0 spiro atoms. The summed E-state index contributed by atoms with van der Waals surface area (Å²) in [6, 6.07) is 2.91. The molecule has 0 bridgehead atoms. The summed E-state index contributed by atoms with van der Waals surface area (Å²) >= 11 is 0. The molecule has 1 fully saturated rings. The van der Waals surface area contributed by atoms with Crippen molar-refractivity contribution in [3.05, 3.63) is 59.2 Å². The van der Waals surface area contributed by atoms with Crippen molar-refractivity contribution in [3.8, 4) is 11.5 Å². The molecule has 1 saturated heterocycles. The Bertz CT molecular complexity index is 1270. The van der Waals surface area contributed by atoms with E-state index in [-0.39, 0.29) is 11.5 Å². The molecule has 168 valence electrons. The minimum absolute atomic E-state index is 0.0347. The SMILES string of the molecule is CC1(c2c[nH]nn2)CN(c2nnc(-c3cnc(NC4Cc5cc(F)c(F)cc5C4)nc3)o2)C1. The van der Waals surface area contributed by atoms with Crippen LogP contribution in [0.15, 0.2) is 35.1 Å². The van der Waals surface area contributed by atoms with Crippen LogP contribution in [0.3, 0.4) is 0 Å². The molecule has 12 heteroatoms. The first kappa shape index (κ1) is 19.7. The molecule has 4 heterocycles. The van der Waals surface area contributed by atoms with Crippen molar-refractivity contribution in [3.63, 3.8) is 0 Å². The van der Waals surface area contributed by atoms with E-state index in [9.17, 15) is 8.78 Å². The van der Waals surface area contributed by atoms with Gasteiger partial charge in [-0.25, -0.2) is 18.7 Å². The van der Waals surface area contributed by atoms with Gasteiger partial charge >= 0.3 is 6.01 Å². The number of hydrogen-bond acceptors (Lipinski definition) is 9. The van der Waals surface area contributed by atoms with E-state index in [1.807, 2.05) is 4.90 Å². The third-order valence-corrected chi connectivity index (χ3v) is 6.21. The molecular weight excluding hydrogens is 432 g/mol. The van der Waals surface area contributed by atoms with Crippen LogP contribution in [-0.4, -0.2) is 54.7 Å². The van der Waals surface area contributed by atoms with Crippen molar-refractivity contribution in [2.75, 3.05) is 23.3 Å². The number of fused-ring (bicyclic) bond motifs is 1. The van der Waals surface area contributed by atoms with Gasteiger partial charge in [0.25, 0.3) is 5.89 Å². The first-order valence-electron chi connectivity index (χ1n) is 10.5. The van der Waals surface area contributed by atoms with Crippen LogP contribution in [0.5, 0.6) is 0 Å². The average Bonchev–Trinajstić information content (AvgIpc) is 3.54. The summed E-state index contributed by atoms with van der Waals surface area (Å²) in [5, 5.41) is 22.1. The lowest BCUT2D eigenvalue weighted by atomic mass is 9.79. The van der Waals surface area contributed by atoms with Gasteiger partial charge in [-0.05, 0) is 36.1 Å². The maximum absolute atomic E-state index is 13.5. The van der Waals surface area contributed by atoms with Crippen LogP contribution in [0.25, 0.3) is 11.5 Å². The molecule has 4 aromatic rings. The highest BCUT2D eigenvalue weighted by Gasteiger charge is 2.44. The van der Waals surface area contributed by atoms with Gasteiger partial charge in [0.15, 0.2) is 11.6 Å². The molecule has 33 heavy (non-hydrogen) atoms. The van der Waals surface area contributed by atoms with Crippen LogP contribution in [0.4, 0.5) is 20.7 Å². The summed E-state index contributed by atoms with van der Waals surface area (Å²) < 4.78 is 32.7. The van der Waals surface area contributed by atoms with Gasteiger partial charge in [0.2, 0.25) is 5.95 Å². The van der Waals surface area contributed by atoms with Crippen molar-refractivity contribution in [1.82, 2.24) is 35.6 Å². The predicted molar refractivity (Wildman–Crippen MR) is 112 cm³/mol. The summed E-state index contributed by atoms with van der Waals surface area (Å²) in [6.07, 6.45) is 6.15. The van der Waals surface area contributed by atoms with Gasteiger partial charge in [0, 0.05) is 43.1 Å². The number of rotatable bonds is 5. The number of anilines is 2. The van der Waals surface area contributed by atoms with Crippen molar-refractivity contribution in [1.29, 1.82) is 0 Å². The molecule has 1 aliphatic carbocycles. The zero-order valence-electron chi connectivity index (χ0n) is 17.6. The number of halogens is 2. The van der Waals surface area contributed by atoms with Crippen molar-refractivity contribution in [2.45, 2.75) is 31.2 Å². The number of nitrogens with one attached hydrogen (secondary N) is 2. The Morgan fingerprint density at radius 3 is 2.39 bits per heavy atom. The minimum Gasteiger partial charge on any atom is -0.403 e.